The zero-order valence-corrected chi connectivity index (χ0v) is 12.0. The molecule has 0 unspecified atom stereocenters. The molecule has 1 aliphatic heterocycles. The highest BCUT2D eigenvalue weighted by atomic mass is 32.1. The van der Waals surface area contributed by atoms with Crippen molar-refractivity contribution in [1.29, 1.82) is 0 Å². The molecule has 3 nitrogen and oxygen atoms in total. The summed E-state index contributed by atoms with van der Waals surface area (Å²) >= 11 is 1.85. The summed E-state index contributed by atoms with van der Waals surface area (Å²) < 4.78 is 5.85. The molecule has 0 bridgehead atoms. The molecule has 4 heteroatoms. The summed E-state index contributed by atoms with van der Waals surface area (Å²) in [6, 6.07) is 12.9. The Balaban J connectivity index is 1.58. The molecule has 0 radical (unpaired) electrons. The van der Waals surface area contributed by atoms with Gasteiger partial charge in [-0.05, 0) is 43.0 Å². The molecular formula is C16H16N2OS. The highest BCUT2D eigenvalue weighted by molar-refractivity contribution is 7.10. The number of likely N-dealkylation sites (tertiary alicyclic amines) is 1. The Kier molecular flexibility index (Phi) is 3.05. The normalized spacial score (nSPS) is 19.9. The van der Waals surface area contributed by atoms with Crippen molar-refractivity contribution in [2.24, 2.45) is 0 Å². The second-order valence-corrected chi connectivity index (χ2v) is 6.20. The van der Waals surface area contributed by atoms with E-state index in [1.807, 2.05) is 35.6 Å². The zero-order valence-electron chi connectivity index (χ0n) is 11.2. The highest BCUT2D eigenvalue weighted by Crippen LogP contribution is 2.35. The van der Waals surface area contributed by atoms with Crippen molar-refractivity contribution < 1.29 is 4.42 Å². The van der Waals surface area contributed by atoms with E-state index in [1.165, 1.54) is 17.7 Å². The molecule has 0 saturated carbocycles. The fraction of sp³-hybridized carbons (Fsp3) is 0.312. The van der Waals surface area contributed by atoms with Crippen LogP contribution in [0.4, 0.5) is 0 Å². The smallest absolute Gasteiger partial charge is 0.209 e. The number of benzene rings is 1. The van der Waals surface area contributed by atoms with Crippen LogP contribution in [0, 0.1) is 0 Å². The second-order valence-electron chi connectivity index (χ2n) is 5.22. The lowest BCUT2D eigenvalue weighted by atomic mass is 10.2. The SMILES string of the molecule is c1csc([C@H]2CCCN2Cc2nc3ccccc3o2)c1. The average molecular weight is 284 g/mol. The molecule has 0 amide bonds. The van der Waals surface area contributed by atoms with Crippen molar-refractivity contribution in [3.63, 3.8) is 0 Å². The molecule has 3 aromatic rings. The standard InChI is InChI=1S/C16H16N2OS/c1-2-7-14-12(5-1)17-16(19-14)11-18-9-3-6-13(18)15-8-4-10-20-15/h1-2,4-5,7-8,10,13H,3,6,9,11H2/t13-/m1/s1. The van der Waals surface area contributed by atoms with Crippen molar-refractivity contribution >= 4 is 22.4 Å². The third-order valence-corrected chi connectivity index (χ3v) is 4.89. The van der Waals surface area contributed by atoms with Gasteiger partial charge in [0, 0.05) is 10.9 Å². The predicted molar refractivity (Wildman–Crippen MR) is 80.7 cm³/mol. The number of aromatic nitrogens is 1. The van der Waals surface area contributed by atoms with Gasteiger partial charge in [0.15, 0.2) is 5.58 Å². The average Bonchev–Trinajstić information content (AvgIpc) is 3.18. The van der Waals surface area contributed by atoms with E-state index in [1.54, 1.807) is 0 Å². The van der Waals surface area contributed by atoms with Crippen molar-refractivity contribution in [1.82, 2.24) is 9.88 Å². The van der Waals surface area contributed by atoms with E-state index in [-0.39, 0.29) is 0 Å². The van der Waals surface area contributed by atoms with Crippen molar-refractivity contribution in [2.45, 2.75) is 25.4 Å². The third kappa shape index (κ3) is 2.15. The van der Waals surface area contributed by atoms with Crippen molar-refractivity contribution in [3.8, 4) is 0 Å². The molecule has 3 heterocycles. The molecule has 1 fully saturated rings. The molecule has 1 aromatic carbocycles. The van der Waals surface area contributed by atoms with E-state index in [9.17, 15) is 0 Å². The van der Waals surface area contributed by atoms with Gasteiger partial charge in [0.1, 0.15) is 5.52 Å². The highest BCUT2D eigenvalue weighted by Gasteiger charge is 2.27. The van der Waals surface area contributed by atoms with Gasteiger partial charge in [-0.15, -0.1) is 11.3 Å². The van der Waals surface area contributed by atoms with Crippen LogP contribution in [0.2, 0.25) is 0 Å². The molecule has 1 atom stereocenters. The van der Waals surface area contributed by atoms with Crippen LogP contribution in [0.3, 0.4) is 0 Å². The molecule has 20 heavy (non-hydrogen) atoms. The minimum atomic E-state index is 0.532. The maximum atomic E-state index is 5.85. The number of fused-ring (bicyclic) bond motifs is 1. The van der Waals surface area contributed by atoms with Gasteiger partial charge in [0.05, 0.1) is 6.54 Å². The topological polar surface area (TPSA) is 29.3 Å². The summed E-state index contributed by atoms with van der Waals surface area (Å²) in [5, 5.41) is 2.16. The van der Waals surface area contributed by atoms with Crippen molar-refractivity contribution in [3.05, 3.63) is 52.5 Å². The quantitative estimate of drug-likeness (QED) is 0.721. The van der Waals surface area contributed by atoms with E-state index >= 15 is 0 Å². The Morgan fingerprint density at radius 3 is 3.05 bits per heavy atom. The Bertz CT molecular complexity index is 671. The molecule has 0 spiro atoms. The van der Waals surface area contributed by atoms with Gasteiger partial charge in [0.25, 0.3) is 0 Å². The fourth-order valence-electron chi connectivity index (χ4n) is 2.98. The summed E-state index contributed by atoms with van der Waals surface area (Å²) in [6.07, 6.45) is 2.49. The number of para-hydroxylation sites is 2. The van der Waals surface area contributed by atoms with Gasteiger partial charge in [0.2, 0.25) is 5.89 Å². The summed E-state index contributed by atoms with van der Waals surface area (Å²) in [6.45, 7) is 1.93. The first kappa shape index (κ1) is 12.1. The largest absolute Gasteiger partial charge is 0.439 e. The Hall–Kier alpha value is -1.65. The van der Waals surface area contributed by atoms with Gasteiger partial charge in [-0.25, -0.2) is 4.98 Å². The van der Waals surface area contributed by atoms with Crippen LogP contribution in [-0.2, 0) is 6.54 Å². The lowest BCUT2D eigenvalue weighted by Crippen LogP contribution is -2.22. The molecule has 0 aliphatic carbocycles. The Morgan fingerprint density at radius 2 is 2.20 bits per heavy atom. The zero-order chi connectivity index (χ0) is 13.4. The van der Waals surface area contributed by atoms with Gasteiger partial charge >= 0.3 is 0 Å². The maximum Gasteiger partial charge on any atom is 0.209 e. The number of hydrogen-bond donors (Lipinski definition) is 0. The van der Waals surface area contributed by atoms with Crippen LogP contribution in [0.1, 0.15) is 29.7 Å². The maximum absolute atomic E-state index is 5.85. The van der Waals surface area contributed by atoms with Crippen LogP contribution in [0.25, 0.3) is 11.1 Å². The number of nitrogens with zero attached hydrogens (tertiary/aromatic N) is 2. The van der Waals surface area contributed by atoms with Crippen LogP contribution in [0.15, 0.2) is 46.2 Å². The van der Waals surface area contributed by atoms with Crippen molar-refractivity contribution in [2.75, 3.05) is 6.54 Å². The van der Waals surface area contributed by atoms with E-state index in [0.717, 1.165) is 30.1 Å². The van der Waals surface area contributed by atoms with Crippen LogP contribution in [-0.4, -0.2) is 16.4 Å². The first-order valence-corrected chi connectivity index (χ1v) is 7.90. The third-order valence-electron chi connectivity index (χ3n) is 3.91. The van der Waals surface area contributed by atoms with Gasteiger partial charge < -0.3 is 4.42 Å². The van der Waals surface area contributed by atoms with Crippen LogP contribution >= 0.6 is 11.3 Å². The monoisotopic (exact) mass is 284 g/mol. The molecule has 2 aromatic heterocycles. The van der Waals surface area contributed by atoms with E-state index in [4.69, 9.17) is 4.42 Å². The first-order chi connectivity index (χ1) is 9.90. The number of rotatable bonds is 3. The lowest BCUT2D eigenvalue weighted by molar-refractivity contribution is 0.228. The fourth-order valence-corrected chi connectivity index (χ4v) is 3.88. The summed E-state index contributed by atoms with van der Waals surface area (Å²) in [7, 11) is 0. The lowest BCUT2D eigenvalue weighted by Gasteiger charge is -2.21. The molecular weight excluding hydrogens is 268 g/mol. The van der Waals surface area contributed by atoms with E-state index in [0.29, 0.717) is 6.04 Å². The molecule has 1 aliphatic rings. The first-order valence-electron chi connectivity index (χ1n) is 7.02. The van der Waals surface area contributed by atoms with Crippen LogP contribution < -0.4 is 0 Å². The Morgan fingerprint density at radius 1 is 1.25 bits per heavy atom. The van der Waals surface area contributed by atoms with Crippen LogP contribution in [0.5, 0.6) is 0 Å². The summed E-state index contributed by atoms with van der Waals surface area (Å²) in [4.78, 5) is 8.53. The van der Waals surface area contributed by atoms with Gasteiger partial charge in [-0.2, -0.15) is 0 Å². The molecule has 102 valence electrons. The minimum absolute atomic E-state index is 0.532. The predicted octanol–water partition coefficient (Wildman–Crippen LogP) is 4.23. The summed E-state index contributed by atoms with van der Waals surface area (Å²) in [5.74, 6) is 0.828. The molecule has 0 N–H and O–H groups in total. The number of oxazole rings is 1. The minimum Gasteiger partial charge on any atom is -0.439 e. The van der Waals surface area contributed by atoms with E-state index < -0.39 is 0 Å². The Labute approximate surface area is 121 Å². The van der Waals surface area contributed by atoms with Gasteiger partial charge in [-0.3, -0.25) is 4.90 Å². The number of thiophene rings is 1. The number of hydrogen-bond acceptors (Lipinski definition) is 4. The van der Waals surface area contributed by atoms with Gasteiger partial charge in [-0.1, -0.05) is 18.2 Å². The molecule has 4 rings (SSSR count). The second kappa shape index (κ2) is 5.04. The molecule has 1 saturated heterocycles. The van der Waals surface area contributed by atoms with E-state index in [2.05, 4.69) is 27.4 Å². The summed E-state index contributed by atoms with van der Waals surface area (Å²) in [5.41, 5.74) is 1.84.